The molecule has 0 unspecified atom stereocenters. The van der Waals surface area contributed by atoms with Crippen molar-refractivity contribution in [1.82, 2.24) is 0 Å². The molecule has 2 amide bonds. The molecule has 8 heteroatoms. The van der Waals surface area contributed by atoms with E-state index in [1.54, 1.807) is 0 Å². The van der Waals surface area contributed by atoms with Gasteiger partial charge in [-0.1, -0.05) is 0 Å². The number of benzene rings is 2. The van der Waals surface area contributed by atoms with E-state index in [0.29, 0.717) is 11.4 Å². The SMILES string of the molecule is NC(=O)Nc1ccc(NS(=O)(=O)c2ccc(F)cc2)cc1. The molecule has 0 aliphatic rings. The van der Waals surface area contributed by atoms with Gasteiger partial charge in [0.15, 0.2) is 0 Å². The second-order valence-electron chi connectivity index (χ2n) is 4.13. The van der Waals surface area contributed by atoms with E-state index < -0.39 is 21.9 Å². The van der Waals surface area contributed by atoms with Crippen molar-refractivity contribution < 1.29 is 17.6 Å². The van der Waals surface area contributed by atoms with Crippen LogP contribution < -0.4 is 15.8 Å². The molecule has 0 aliphatic carbocycles. The minimum absolute atomic E-state index is 0.0526. The Balaban J connectivity index is 2.16. The van der Waals surface area contributed by atoms with Crippen LogP contribution in [0.1, 0.15) is 0 Å². The van der Waals surface area contributed by atoms with Crippen molar-refractivity contribution in [3.8, 4) is 0 Å². The standard InChI is InChI=1S/C13H12FN3O3S/c14-9-1-7-12(8-2-9)21(19,20)17-11-5-3-10(4-6-11)16-13(15)18/h1-8,17H,(H3,15,16,18). The van der Waals surface area contributed by atoms with Crippen LogP contribution in [0.25, 0.3) is 0 Å². The van der Waals surface area contributed by atoms with Gasteiger partial charge in [0, 0.05) is 11.4 Å². The maximum Gasteiger partial charge on any atom is 0.316 e. The quantitative estimate of drug-likeness (QED) is 0.806. The van der Waals surface area contributed by atoms with Crippen LogP contribution in [0.4, 0.5) is 20.6 Å². The summed E-state index contributed by atoms with van der Waals surface area (Å²) in [5.74, 6) is -0.518. The number of rotatable bonds is 4. The van der Waals surface area contributed by atoms with E-state index in [4.69, 9.17) is 5.73 Å². The van der Waals surface area contributed by atoms with E-state index in [1.807, 2.05) is 0 Å². The number of nitrogens with one attached hydrogen (secondary N) is 2. The van der Waals surface area contributed by atoms with Crippen LogP contribution in [0.2, 0.25) is 0 Å². The third-order valence-electron chi connectivity index (χ3n) is 2.53. The predicted molar refractivity (Wildman–Crippen MR) is 76.9 cm³/mol. The zero-order chi connectivity index (χ0) is 15.5. The molecule has 2 aromatic carbocycles. The Kier molecular flexibility index (Phi) is 4.08. The van der Waals surface area contributed by atoms with E-state index in [9.17, 15) is 17.6 Å². The van der Waals surface area contributed by atoms with Crippen LogP contribution in [-0.2, 0) is 10.0 Å². The first kappa shape index (κ1) is 14.8. The predicted octanol–water partition coefficient (Wildman–Crippen LogP) is 2.12. The minimum Gasteiger partial charge on any atom is -0.351 e. The number of carbonyl (C=O) groups excluding carboxylic acids is 1. The summed E-state index contributed by atoms with van der Waals surface area (Å²) >= 11 is 0. The zero-order valence-corrected chi connectivity index (χ0v) is 11.5. The average Bonchev–Trinajstić information content (AvgIpc) is 2.40. The number of urea groups is 1. The number of carbonyl (C=O) groups is 1. The first-order valence-electron chi connectivity index (χ1n) is 5.82. The molecule has 0 saturated heterocycles. The Morgan fingerprint density at radius 3 is 2.00 bits per heavy atom. The van der Waals surface area contributed by atoms with E-state index in [0.717, 1.165) is 12.1 Å². The molecule has 21 heavy (non-hydrogen) atoms. The molecule has 0 saturated carbocycles. The molecule has 0 radical (unpaired) electrons. The summed E-state index contributed by atoms with van der Waals surface area (Å²) in [6, 6.07) is 9.67. The molecule has 0 atom stereocenters. The fraction of sp³-hybridized carbons (Fsp3) is 0. The minimum atomic E-state index is -3.79. The van der Waals surface area contributed by atoms with Gasteiger partial charge in [0.1, 0.15) is 5.82 Å². The Bertz CT molecular complexity index is 743. The number of anilines is 2. The van der Waals surface area contributed by atoms with Gasteiger partial charge in [0.05, 0.1) is 4.90 Å². The number of halogens is 1. The van der Waals surface area contributed by atoms with Gasteiger partial charge in [-0.3, -0.25) is 4.72 Å². The van der Waals surface area contributed by atoms with Gasteiger partial charge in [-0.15, -0.1) is 0 Å². The number of hydrogen-bond donors (Lipinski definition) is 3. The Hall–Kier alpha value is -2.61. The summed E-state index contributed by atoms with van der Waals surface area (Å²) in [5.41, 5.74) is 5.70. The Morgan fingerprint density at radius 1 is 0.952 bits per heavy atom. The summed E-state index contributed by atoms with van der Waals surface area (Å²) < 4.78 is 39.2. The lowest BCUT2D eigenvalue weighted by atomic mass is 10.3. The first-order valence-corrected chi connectivity index (χ1v) is 7.30. The average molecular weight is 309 g/mol. The zero-order valence-electron chi connectivity index (χ0n) is 10.7. The van der Waals surface area contributed by atoms with Gasteiger partial charge >= 0.3 is 6.03 Å². The van der Waals surface area contributed by atoms with Gasteiger partial charge in [-0.05, 0) is 48.5 Å². The normalized spacial score (nSPS) is 10.9. The Morgan fingerprint density at radius 2 is 1.48 bits per heavy atom. The molecule has 0 fully saturated rings. The topological polar surface area (TPSA) is 101 Å². The molecule has 0 bridgehead atoms. The number of primary amides is 1. The van der Waals surface area contributed by atoms with Crippen molar-refractivity contribution in [3.63, 3.8) is 0 Å². The molecule has 0 aliphatic heterocycles. The third kappa shape index (κ3) is 3.93. The smallest absolute Gasteiger partial charge is 0.316 e. The van der Waals surface area contributed by atoms with Crippen molar-refractivity contribution in [2.45, 2.75) is 4.90 Å². The number of amides is 2. The second kappa shape index (κ2) is 5.80. The molecule has 4 N–H and O–H groups in total. The van der Waals surface area contributed by atoms with Crippen molar-refractivity contribution >= 4 is 27.4 Å². The van der Waals surface area contributed by atoms with Crippen LogP contribution in [0.3, 0.4) is 0 Å². The highest BCUT2D eigenvalue weighted by molar-refractivity contribution is 7.92. The van der Waals surface area contributed by atoms with Crippen LogP contribution >= 0.6 is 0 Å². The van der Waals surface area contributed by atoms with E-state index in [-0.39, 0.29) is 4.90 Å². The van der Waals surface area contributed by atoms with Crippen molar-refractivity contribution in [3.05, 3.63) is 54.3 Å². The van der Waals surface area contributed by atoms with E-state index in [1.165, 1.54) is 36.4 Å². The van der Waals surface area contributed by atoms with E-state index >= 15 is 0 Å². The van der Waals surface area contributed by atoms with Crippen molar-refractivity contribution in [2.24, 2.45) is 5.73 Å². The molecule has 110 valence electrons. The van der Waals surface area contributed by atoms with Crippen LogP contribution in [0, 0.1) is 5.82 Å². The van der Waals surface area contributed by atoms with Gasteiger partial charge in [-0.2, -0.15) is 0 Å². The highest BCUT2D eigenvalue weighted by Crippen LogP contribution is 2.18. The molecular weight excluding hydrogens is 297 g/mol. The third-order valence-corrected chi connectivity index (χ3v) is 3.93. The highest BCUT2D eigenvalue weighted by Gasteiger charge is 2.14. The van der Waals surface area contributed by atoms with E-state index in [2.05, 4.69) is 10.0 Å². The fourth-order valence-corrected chi connectivity index (χ4v) is 2.65. The van der Waals surface area contributed by atoms with Gasteiger partial charge < -0.3 is 11.1 Å². The summed E-state index contributed by atoms with van der Waals surface area (Å²) in [5, 5.41) is 2.35. The lowest BCUT2D eigenvalue weighted by Crippen LogP contribution is -2.19. The van der Waals surface area contributed by atoms with Gasteiger partial charge in [0.25, 0.3) is 10.0 Å². The van der Waals surface area contributed by atoms with Crippen LogP contribution in [0.5, 0.6) is 0 Å². The summed E-state index contributed by atoms with van der Waals surface area (Å²) in [6.45, 7) is 0. The maximum absolute atomic E-state index is 12.8. The van der Waals surface area contributed by atoms with Crippen molar-refractivity contribution in [2.75, 3.05) is 10.0 Å². The monoisotopic (exact) mass is 309 g/mol. The lowest BCUT2D eigenvalue weighted by molar-refractivity contribution is 0.259. The molecule has 2 rings (SSSR count). The van der Waals surface area contributed by atoms with Gasteiger partial charge in [0.2, 0.25) is 0 Å². The second-order valence-corrected chi connectivity index (χ2v) is 5.81. The molecule has 0 spiro atoms. The van der Waals surface area contributed by atoms with Crippen LogP contribution in [0.15, 0.2) is 53.4 Å². The fourth-order valence-electron chi connectivity index (χ4n) is 1.59. The van der Waals surface area contributed by atoms with Crippen LogP contribution in [-0.4, -0.2) is 14.4 Å². The number of sulfonamides is 1. The maximum atomic E-state index is 12.8. The van der Waals surface area contributed by atoms with Gasteiger partial charge in [-0.25, -0.2) is 17.6 Å². The molecule has 6 nitrogen and oxygen atoms in total. The molecular formula is C13H12FN3O3S. The first-order chi connectivity index (χ1) is 9.87. The largest absolute Gasteiger partial charge is 0.351 e. The highest BCUT2D eigenvalue weighted by atomic mass is 32.2. The summed E-state index contributed by atoms with van der Waals surface area (Å²) in [6.07, 6.45) is 0. The molecule has 0 aromatic heterocycles. The number of hydrogen-bond acceptors (Lipinski definition) is 3. The Labute approximate surface area is 120 Å². The summed E-state index contributed by atoms with van der Waals surface area (Å²) in [4.78, 5) is 10.6. The lowest BCUT2D eigenvalue weighted by Gasteiger charge is -2.09. The molecule has 0 heterocycles. The van der Waals surface area contributed by atoms with Crippen molar-refractivity contribution in [1.29, 1.82) is 0 Å². The summed E-state index contributed by atoms with van der Waals surface area (Å²) in [7, 11) is -3.79. The molecule has 2 aromatic rings. The number of nitrogens with two attached hydrogens (primary N) is 1.